The van der Waals surface area contributed by atoms with Gasteiger partial charge in [0.25, 0.3) is 0 Å². The summed E-state index contributed by atoms with van der Waals surface area (Å²) >= 11 is 0. The Morgan fingerprint density at radius 3 is 0.978 bits per heavy atom. The minimum Gasteiger partial charge on any atom is -0.497 e. The van der Waals surface area contributed by atoms with Gasteiger partial charge in [-0.3, -0.25) is 47.9 Å². The summed E-state index contributed by atoms with van der Waals surface area (Å²) in [6, 6.07) is 54.4. The maximum Gasteiger partial charge on any atom is 0.408 e. The van der Waals surface area contributed by atoms with Crippen LogP contribution in [0, 0.1) is 0 Å². The van der Waals surface area contributed by atoms with Crippen molar-refractivity contribution in [1.29, 1.82) is 0 Å². The van der Waals surface area contributed by atoms with E-state index in [9.17, 15) is 68.1 Å². The average Bonchev–Trinajstić information content (AvgIpc) is 0.846. The smallest absolute Gasteiger partial charge is 0.408 e. The van der Waals surface area contributed by atoms with Gasteiger partial charge in [0.15, 0.2) is 0 Å². The predicted molar refractivity (Wildman–Crippen MR) is 507 cm³/mol. The molecule has 3 aliphatic heterocycles. The van der Waals surface area contributed by atoms with E-state index in [1.165, 1.54) is 21.8 Å². The molecular formula is C102H138N12O20. The second-order valence-electron chi connectivity index (χ2n) is 34.0. The average molecular weight is 1850 g/mol. The summed E-state index contributed by atoms with van der Waals surface area (Å²) < 4.78 is 31.1. The summed E-state index contributed by atoms with van der Waals surface area (Å²) in [6.45, 7) is 5.89. The minimum absolute atomic E-state index is 0.0286. The van der Waals surface area contributed by atoms with Crippen molar-refractivity contribution in [3.05, 3.63) is 233 Å². The Balaban J connectivity index is 0.000000247. The zero-order valence-electron chi connectivity index (χ0n) is 78.1. The molecule has 12 N–H and O–H groups in total. The highest BCUT2D eigenvalue weighted by molar-refractivity contribution is 5.97. The number of hydrogen-bond acceptors (Lipinski definition) is 23. The second kappa shape index (κ2) is 58.6. The maximum atomic E-state index is 14.3. The van der Waals surface area contributed by atoms with Gasteiger partial charge in [0.2, 0.25) is 47.3 Å². The van der Waals surface area contributed by atoms with Crippen LogP contribution in [0.1, 0.15) is 161 Å². The number of hydrogen-bond donors (Lipinski definition) is 9. The van der Waals surface area contributed by atoms with Crippen LogP contribution in [0.5, 0.6) is 17.2 Å². The summed E-state index contributed by atoms with van der Waals surface area (Å²) in [6.07, 6.45) is 5.61. The number of rotatable bonds is 47. The highest BCUT2D eigenvalue weighted by Gasteiger charge is 2.36. The molecule has 0 spiro atoms. The quantitative estimate of drug-likeness (QED) is 0.00981. The van der Waals surface area contributed by atoms with E-state index in [4.69, 9.17) is 40.9 Å². The van der Waals surface area contributed by atoms with Gasteiger partial charge in [-0.2, -0.15) is 0 Å². The van der Waals surface area contributed by atoms with E-state index in [0.29, 0.717) is 75.8 Å². The Morgan fingerprint density at radius 2 is 0.664 bits per heavy atom. The fourth-order valence-electron chi connectivity index (χ4n) is 16.0. The number of carbonyl (C=O) groups is 11. The number of nitrogens with two attached hydrogens (primary N) is 3. The molecule has 9 atom stereocenters. The Hall–Kier alpha value is -12.3. The van der Waals surface area contributed by atoms with Gasteiger partial charge >= 0.3 is 18.0 Å². The fraction of sp³-hybridized carbons (Fsp3) is 0.480. The molecule has 0 saturated carbocycles. The van der Waals surface area contributed by atoms with Gasteiger partial charge in [-0.15, -0.1) is 0 Å². The molecule has 3 aliphatic rings. The number of aliphatic hydroxyl groups excluding tert-OH is 3. The Kier molecular flexibility index (Phi) is 46.8. The molecule has 7 aromatic rings. The van der Waals surface area contributed by atoms with Crippen LogP contribution in [0.15, 0.2) is 194 Å². The molecule has 0 bridgehead atoms. The van der Waals surface area contributed by atoms with Crippen LogP contribution in [0.3, 0.4) is 0 Å². The molecular weight excluding hydrogens is 1710 g/mol. The number of aliphatic hydroxyl groups is 3. The van der Waals surface area contributed by atoms with Crippen molar-refractivity contribution in [2.45, 2.75) is 223 Å². The van der Waals surface area contributed by atoms with Gasteiger partial charge in [0.05, 0.1) is 59.8 Å². The van der Waals surface area contributed by atoms with E-state index in [2.05, 4.69) is 20.7 Å². The molecule has 7 aromatic carbocycles. The zero-order chi connectivity index (χ0) is 96.5. The van der Waals surface area contributed by atoms with Gasteiger partial charge in [-0.05, 0) is 179 Å². The number of likely N-dealkylation sites (tertiary alicyclic amines) is 3. The molecule has 10 rings (SSSR count). The lowest BCUT2D eigenvalue weighted by Crippen LogP contribution is -2.53. The molecule has 3 fully saturated rings. The topological polar surface area (TPSA) is 437 Å². The number of nitrogens with zero attached hydrogens (tertiary/aromatic N) is 6. The summed E-state index contributed by atoms with van der Waals surface area (Å²) in [7, 11) is 5.90. The third-order valence-corrected chi connectivity index (χ3v) is 23.6. The van der Waals surface area contributed by atoms with Gasteiger partial charge < -0.3 is 106 Å². The predicted octanol–water partition coefficient (Wildman–Crippen LogP) is 8.41. The lowest BCUT2D eigenvalue weighted by molar-refractivity contribution is -0.148. The zero-order valence-corrected chi connectivity index (χ0v) is 78.1. The van der Waals surface area contributed by atoms with E-state index >= 15 is 0 Å². The van der Waals surface area contributed by atoms with Crippen molar-refractivity contribution in [3.63, 3.8) is 0 Å². The third-order valence-electron chi connectivity index (χ3n) is 23.6. The fourth-order valence-corrected chi connectivity index (χ4v) is 16.0. The summed E-state index contributed by atoms with van der Waals surface area (Å²) in [5.41, 5.74) is 25.1. The number of ether oxygens (including phenoxy) is 6. The summed E-state index contributed by atoms with van der Waals surface area (Å²) in [5.74, 6) is -2.25. The Morgan fingerprint density at radius 1 is 0.358 bits per heavy atom. The van der Waals surface area contributed by atoms with Gasteiger partial charge in [0.1, 0.15) is 48.4 Å². The van der Waals surface area contributed by atoms with E-state index < -0.39 is 109 Å². The Labute approximate surface area is 787 Å². The molecule has 9 amide bonds. The number of benzene rings is 7. The first-order valence-corrected chi connectivity index (χ1v) is 46.5. The largest absolute Gasteiger partial charge is 0.497 e. The van der Waals surface area contributed by atoms with Crippen molar-refractivity contribution in [1.82, 2.24) is 45.3 Å². The summed E-state index contributed by atoms with van der Waals surface area (Å²) in [5, 5.41) is 41.6. The minimum atomic E-state index is -1.12. The molecule has 32 heteroatoms. The normalized spacial score (nSPS) is 15.0. The standard InChI is InChI=1S/C36H46N4O6.2C33H46N4O7/c1-45-30-17-11-16-29(22-30)24-40(25-33(41)31(37)23-27-12-5-2-6-13-27)35(43)32(18-19-34(42)39-20-9-4-10-21-39)38-36(44)46-26-28-14-7-3-8-15-28;1-43-26-13-9-12-25(20-26)22-37(23-29(38)27(34)21-24-10-5-3-6-11-24)33(42)28(35-30(39)15-17-32(41)44-2)14-16-31(40)36-18-7-4-8-19-36;1-3-44-32(41)21-30(39)35-28(15-16-31(40)36-17-8-5-9-18-36)33(42)37(22-25-13-10-14-26(19-25)43-2)23-29(38)27(34)20-24-11-6-4-7-12-24/h2-3,5-8,11-17,22,31-33,41H,4,9-10,18-21,23-26,37H2,1H3,(H,38,44);3,5-6,9-13,20,27-29,38H,4,7-8,14-19,21-23,34H2,1-2H3,(H,35,39);4,6-7,10-14,19,27-29,38H,3,5,8-9,15-18,20-23,34H2,1-2H3,(H,35,39)/t31-,32+,33+;27-,28-,29+;27-,28+,29+/m000/s1. The van der Waals surface area contributed by atoms with Crippen molar-refractivity contribution in [2.24, 2.45) is 17.2 Å². The Bertz CT molecular complexity index is 4760. The van der Waals surface area contributed by atoms with E-state index in [-0.39, 0.29) is 122 Å². The van der Waals surface area contributed by atoms with Crippen LogP contribution in [0.2, 0.25) is 0 Å². The molecule has 134 heavy (non-hydrogen) atoms. The number of piperidine rings is 3. The molecule has 0 aliphatic carbocycles. The lowest BCUT2D eigenvalue weighted by atomic mass is 10.0. The molecule has 3 heterocycles. The molecule has 0 radical (unpaired) electrons. The number of nitrogens with one attached hydrogen (secondary N) is 3. The molecule has 3 saturated heterocycles. The SMILES string of the molecule is CCOC(=O)CC(=O)N[C@H](CCC(=O)N1CCCCC1)C(=O)N(Cc1cccc(OC)c1)C[C@@H](O)[C@@H](N)Cc1ccccc1.COC(=O)CCC(=O)N[C@@H](CCC(=O)N1CCCCC1)C(=O)N(Cc1cccc(OC)c1)C[C@@H](O)[C@@H](N)Cc1ccccc1.COc1cccc(CN(C[C@@H](O)[C@@H](N)Cc2ccccc2)C(=O)[C@@H](CCC(=O)N2CCCCC2)NC(=O)OCc2ccccc2)c1. The first-order chi connectivity index (χ1) is 64.7. The second-order valence-corrected chi connectivity index (χ2v) is 34.0. The van der Waals surface area contributed by atoms with E-state index in [1.807, 2.05) is 157 Å². The maximum absolute atomic E-state index is 14.3. The van der Waals surface area contributed by atoms with Crippen LogP contribution in [-0.2, 0) is 108 Å². The van der Waals surface area contributed by atoms with Crippen molar-refractivity contribution in [2.75, 3.05) is 93.9 Å². The van der Waals surface area contributed by atoms with Crippen molar-refractivity contribution >= 4 is 65.3 Å². The van der Waals surface area contributed by atoms with Crippen LogP contribution in [-0.4, -0.2) is 259 Å². The number of esters is 2. The van der Waals surface area contributed by atoms with Gasteiger partial charge in [-0.25, -0.2) is 4.79 Å². The molecule has 0 aromatic heterocycles. The highest BCUT2D eigenvalue weighted by atomic mass is 16.6. The third kappa shape index (κ3) is 38.3. The molecule has 726 valence electrons. The lowest BCUT2D eigenvalue weighted by Gasteiger charge is -2.32. The monoisotopic (exact) mass is 1850 g/mol. The van der Waals surface area contributed by atoms with Crippen LogP contribution in [0.25, 0.3) is 0 Å². The number of alkyl carbamates (subject to hydrolysis) is 1. The van der Waals surface area contributed by atoms with Crippen LogP contribution < -0.4 is 47.4 Å². The first-order valence-electron chi connectivity index (χ1n) is 46.5. The van der Waals surface area contributed by atoms with Crippen LogP contribution in [0.4, 0.5) is 4.79 Å². The van der Waals surface area contributed by atoms with Crippen molar-refractivity contribution < 1.29 is 96.5 Å². The van der Waals surface area contributed by atoms with Gasteiger partial charge in [0, 0.05) is 122 Å². The van der Waals surface area contributed by atoms with Crippen LogP contribution >= 0.6 is 0 Å². The van der Waals surface area contributed by atoms with E-state index in [1.54, 1.807) is 80.5 Å². The van der Waals surface area contributed by atoms with Crippen molar-refractivity contribution in [3.8, 4) is 17.2 Å². The summed E-state index contributed by atoms with van der Waals surface area (Å²) in [4.78, 5) is 154. The highest BCUT2D eigenvalue weighted by Crippen LogP contribution is 2.25. The first kappa shape index (κ1) is 107. The van der Waals surface area contributed by atoms with E-state index in [0.717, 1.165) is 96.7 Å². The molecule has 0 unspecified atom stereocenters. The number of amides is 9. The number of carbonyl (C=O) groups excluding carboxylic acids is 11. The number of methoxy groups -OCH3 is 4. The molecule has 32 nitrogen and oxygen atoms in total. The van der Waals surface area contributed by atoms with Gasteiger partial charge in [-0.1, -0.05) is 158 Å².